The van der Waals surface area contributed by atoms with Gasteiger partial charge in [-0.15, -0.1) is 0 Å². The van der Waals surface area contributed by atoms with E-state index in [2.05, 4.69) is 20.9 Å². The molecule has 4 nitrogen and oxygen atoms in total. The number of sulfone groups is 1. The number of alkyl halides is 1. The first kappa shape index (κ1) is 13.4. The highest BCUT2D eigenvalue weighted by Gasteiger charge is 2.17. The highest BCUT2D eigenvalue weighted by Crippen LogP contribution is 2.21. The second-order valence-corrected chi connectivity index (χ2v) is 7.31. The maximum Gasteiger partial charge on any atom is 0.179 e. The largest absolute Gasteiger partial charge is 0.357 e. The van der Waals surface area contributed by atoms with Gasteiger partial charge in [0.05, 0.1) is 0 Å². The minimum Gasteiger partial charge on any atom is -0.357 e. The van der Waals surface area contributed by atoms with Gasteiger partial charge in [0.1, 0.15) is 10.7 Å². The Bertz CT molecular complexity index is 460. The Morgan fingerprint density at radius 1 is 1.56 bits per heavy atom. The van der Waals surface area contributed by atoms with Gasteiger partial charge in [-0.25, -0.2) is 13.4 Å². The highest BCUT2D eigenvalue weighted by molar-refractivity contribution is 9.09. The summed E-state index contributed by atoms with van der Waals surface area (Å²) < 4.78 is 23.1. The SMILES string of the molecule is CC(Br)CN(C)c1ncccc1S(C)(=O)=O. The summed E-state index contributed by atoms with van der Waals surface area (Å²) in [6, 6.07) is 3.21. The number of halogens is 1. The lowest BCUT2D eigenvalue weighted by Crippen LogP contribution is -2.26. The van der Waals surface area contributed by atoms with Crippen LogP contribution in [-0.4, -0.2) is 38.1 Å². The van der Waals surface area contributed by atoms with E-state index >= 15 is 0 Å². The summed E-state index contributed by atoms with van der Waals surface area (Å²) in [5, 5.41) is 0. The van der Waals surface area contributed by atoms with E-state index in [1.807, 2.05) is 18.9 Å². The maximum absolute atomic E-state index is 11.6. The van der Waals surface area contributed by atoms with Crippen molar-refractivity contribution in [3.05, 3.63) is 18.3 Å². The molecule has 0 aromatic carbocycles. The van der Waals surface area contributed by atoms with E-state index in [4.69, 9.17) is 0 Å². The van der Waals surface area contributed by atoms with Crippen LogP contribution < -0.4 is 4.90 Å². The zero-order valence-corrected chi connectivity index (χ0v) is 11.9. The first-order valence-corrected chi connectivity index (χ1v) is 7.63. The molecule has 0 amide bonds. The van der Waals surface area contributed by atoms with Gasteiger partial charge in [0.15, 0.2) is 9.84 Å². The average Bonchev–Trinajstić information content (AvgIpc) is 2.15. The lowest BCUT2D eigenvalue weighted by molar-refractivity contribution is 0.601. The van der Waals surface area contributed by atoms with Crippen LogP contribution in [-0.2, 0) is 9.84 Å². The Hall–Kier alpha value is -0.620. The number of pyridine rings is 1. The predicted molar refractivity (Wildman–Crippen MR) is 69.0 cm³/mol. The summed E-state index contributed by atoms with van der Waals surface area (Å²) in [5.41, 5.74) is 0. The maximum atomic E-state index is 11.6. The van der Waals surface area contributed by atoms with E-state index in [0.29, 0.717) is 12.4 Å². The topological polar surface area (TPSA) is 50.3 Å². The van der Waals surface area contributed by atoms with Crippen molar-refractivity contribution in [1.29, 1.82) is 0 Å². The molecule has 0 fully saturated rings. The molecule has 0 aliphatic carbocycles. The van der Waals surface area contributed by atoms with E-state index in [-0.39, 0.29) is 9.72 Å². The fourth-order valence-electron chi connectivity index (χ4n) is 1.42. The zero-order valence-electron chi connectivity index (χ0n) is 9.51. The second kappa shape index (κ2) is 5.14. The third-order valence-corrected chi connectivity index (χ3v) is 3.44. The molecule has 16 heavy (non-hydrogen) atoms. The highest BCUT2D eigenvalue weighted by atomic mass is 79.9. The van der Waals surface area contributed by atoms with Crippen LogP contribution in [0.1, 0.15) is 6.92 Å². The second-order valence-electron chi connectivity index (χ2n) is 3.76. The Kier molecular flexibility index (Phi) is 4.32. The normalized spacial score (nSPS) is 13.5. The predicted octanol–water partition coefficient (Wildman–Crippen LogP) is 1.70. The lowest BCUT2D eigenvalue weighted by Gasteiger charge is -2.21. The van der Waals surface area contributed by atoms with E-state index in [0.717, 1.165) is 0 Å². The molecule has 0 bridgehead atoms. The first-order valence-electron chi connectivity index (χ1n) is 4.82. The molecule has 0 aliphatic heterocycles. The van der Waals surface area contributed by atoms with Crippen LogP contribution in [0.15, 0.2) is 23.2 Å². The van der Waals surface area contributed by atoms with E-state index < -0.39 is 9.84 Å². The molecule has 90 valence electrons. The fraction of sp³-hybridized carbons (Fsp3) is 0.500. The Morgan fingerprint density at radius 3 is 2.69 bits per heavy atom. The number of hydrogen-bond acceptors (Lipinski definition) is 4. The molecule has 1 heterocycles. The smallest absolute Gasteiger partial charge is 0.179 e. The minimum atomic E-state index is -3.23. The van der Waals surface area contributed by atoms with Gasteiger partial charge >= 0.3 is 0 Å². The van der Waals surface area contributed by atoms with Gasteiger partial charge in [0.2, 0.25) is 0 Å². The molecular formula is C10H15BrN2O2S. The van der Waals surface area contributed by atoms with Gasteiger partial charge < -0.3 is 4.90 Å². The van der Waals surface area contributed by atoms with Crippen LogP contribution in [0.2, 0.25) is 0 Å². The van der Waals surface area contributed by atoms with Crippen molar-refractivity contribution >= 4 is 31.6 Å². The third-order valence-electron chi connectivity index (χ3n) is 2.04. The van der Waals surface area contributed by atoms with Crippen LogP contribution in [0.4, 0.5) is 5.82 Å². The Balaban J connectivity index is 3.14. The molecular weight excluding hydrogens is 292 g/mol. The van der Waals surface area contributed by atoms with E-state index in [1.165, 1.54) is 6.26 Å². The van der Waals surface area contributed by atoms with Crippen molar-refractivity contribution in [3.63, 3.8) is 0 Å². The van der Waals surface area contributed by atoms with Crippen molar-refractivity contribution < 1.29 is 8.42 Å². The number of aromatic nitrogens is 1. The van der Waals surface area contributed by atoms with Crippen LogP contribution >= 0.6 is 15.9 Å². The molecule has 0 aliphatic rings. The molecule has 1 rings (SSSR count). The lowest BCUT2D eigenvalue weighted by atomic mass is 10.4. The molecule has 1 aromatic rings. The van der Waals surface area contributed by atoms with Crippen molar-refractivity contribution in [2.24, 2.45) is 0 Å². The summed E-state index contributed by atoms with van der Waals surface area (Å²) in [6.45, 7) is 2.69. The van der Waals surface area contributed by atoms with Crippen LogP contribution in [0.5, 0.6) is 0 Å². The number of hydrogen-bond donors (Lipinski definition) is 0. The summed E-state index contributed by atoms with van der Waals surface area (Å²) in [4.78, 5) is 6.49. The molecule has 1 aromatic heterocycles. The zero-order chi connectivity index (χ0) is 12.3. The Morgan fingerprint density at radius 2 is 2.19 bits per heavy atom. The van der Waals surface area contributed by atoms with Gasteiger partial charge in [-0.2, -0.15) is 0 Å². The summed E-state index contributed by atoms with van der Waals surface area (Å²) in [5.74, 6) is 0.497. The molecule has 0 radical (unpaired) electrons. The molecule has 6 heteroatoms. The van der Waals surface area contributed by atoms with Crippen LogP contribution in [0.25, 0.3) is 0 Å². The van der Waals surface area contributed by atoms with E-state index in [9.17, 15) is 8.42 Å². The van der Waals surface area contributed by atoms with Crippen molar-refractivity contribution in [2.45, 2.75) is 16.6 Å². The molecule has 0 spiro atoms. The standard InChI is InChI=1S/C10H15BrN2O2S/c1-8(11)7-13(2)10-9(16(3,14)15)5-4-6-12-10/h4-6,8H,7H2,1-3H3. The van der Waals surface area contributed by atoms with Crippen LogP contribution in [0.3, 0.4) is 0 Å². The molecule has 0 saturated heterocycles. The minimum absolute atomic E-state index is 0.269. The number of anilines is 1. The first-order chi connectivity index (χ1) is 7.32. The fourth-order valence-corrected chi connectivity index (χ4v) is 2.72. The number of nitrogens with zero attached hydrogens (tertiary/aromatic N) is 2. The summed E-state index contributed by atoms with van der Waals surface area (Å²) in [7, 11) is -1.41. The third kappa shape index (κ3) is 3.45. The van der Waals surface area contributed by atoms with Crippen LogP contribution in [0, 0.1) is 0 Å². The Labute approximate surface area is 105 Å². The van der Waals surface area contributed by atoms with Gasteiger partial charge in [-0.05, 0) is 12.1 Å². The van der Waals surface area contributed by atoms with Gasteiger partial charge in [0, 0.05) is 30.9 Å². The van der Waals surface area contributed by atoms with E-state index in [1.54, 1.807) is 18.3 Å². The van der Waals surface area contributed by atoms with Crippen molar-refractivity contribution in [3.8, 4) is 0 Å². The molecule has 1 unspecified atom stereocenters. The van der Waals surface area contributed by atoms with Crippen molar-refractivity contribution in [1.82, 2.24) is 4.98 Å². The van der Waals surface area contributed by atoms with Gasteiger partial charge in [-0.1, -0.05) is 22.9 Å². The van der Waals surface area contributed by atoms with Gasteiger partial charge in [0.25, 0.3) is 0 Å². The molecule has 0 saturated carbocycles. The molecule has 1 atom stereocenters. The average molecular weight is 307 g/mol. The quantitative estimate of drug-likeness (QED) is 0.795. The summed E-state index contributed by atoms with van der Waals surface area (Å²) >= 11 is 3.43. The number of rotatable bonds is 4. The van der Waals surface area contributed by atoms with Crippen molar-refractivity contribution in [2.75, 3.05) is 24.7 Å². The van der Waals surface area contributed by atoms with Gasteiger partial charge in [-0.3, -0.25) is 0 Å². The molecule has 0 N–H and O–H groups in total. The summed E-state index contributed by atoms with van der Waals surface area (Å²) in [6.07, 6.45) is 2.79. The monoisotopic (exact) mass is 306 g/mol.